The highest BCUT2D eigenvalue weighted by atomic mass is 19.4. The van der Waals surface area contributed by atoms with Crippen LogP contribution < -0.4 is 18.9 Å². The van der Waals surface area contributed by atoms with E-state index in [0.29, 0.717) is 47.2 Å². The average Bonchev–Trinajstić information content (AvgIpc) is 2.85. The predicted molar refractivity (Wildman–Crippen MR) is 120 cm³/mol. The van der Waals surface area contributed by atoms with Gasteiger partial charge in [0.25, 0.3) is 0 Å². The van der Waals surface area contributed by atoms with Crippen LogP contribution in [0.15, 0.2) is 66.7 Å². The van der Waals surface area contributed by atoms with Crippen molar-refractivity contribution in [2.24, 2.45) is 0 Å². The number of halogens is 3. The molecule has 3 aromatic rings. The summed E-state index contributed by atoms with van der Waals surface area (Å²) in [5, 5.41) is 0. The van der Waals surface area contributed by atoms with Crippen molar-refractivity contribution >= 4 is 11.9 Å². The largest absolute Gasteiger partial charge is 0.496 e. The Labute approximate surface area is 194 Å². The van der Waals surface area contributed by atoms with E-state index in [1.807, 2.05) is 0 Å². The highest BCUT2D eigenvalue weighted by Gasteiger charge is 2.30. The number of ether oxygens (including phenoxy) is 4. The molecular weight excluding hydrogens is 449 g/mol. The van der Waals surface area contributed by atoms with E-state index in [4.69, 9.17) is 18.9 Å². The summed E-state index contributed by atoms with van der Waals surface area (Å²) in [5.41, 5.74) is 0.997. The summed E-state index contributed by atoms with van der Waals surface area (Å²) in [5.74, 6) is 1.53. The van der Waals surface area contributed by atoms with E-state index in [1.54, 1.807) is 42.5 Å². The topological polar surface area (TPSA) is 54.0 Å². The van der Waals surface area contributed by atoms with E-state index in [0.717, 1.165) is 12.1 Å². The Bertz CT molecular complexity index is 1220. The fourth-order valence-corrected chi connectivity index (χ4v) is 3.40. The van der Waals surface area contributed by atoms with E-state index in [-0.39, 0.29) is 18.1 Å². The second-order valence-electron chi connectivity index (χ2n) is 7.44. The standard InChI is InChI=1S/C26H21F3O5/c1-31-23-9-6-17(5-8-22(30)18-7-10-24-25(14-18)33-12-11-32-24)13-19(23)16-34-21-4-2-3-20(15-21)26(27,28)29/h2-10,13-15H,11-12,16H2,1H3/b8-5+. The van der Waals surface area contributed by atoms with Crippen LogP contribution in [-0.2, 0) is 12.8 Å². The van der Waals surface area contributed by atoms with Gasteiger partial charge in [0, 0.05) is 11.1 Å². The molecule has 0 bridgehead atoms. The van der Waals surface area contributed by atoms with Gasteiger partial charge in [-0.25, -0.2) is 0 Å². The zero-order valence-corrected chi connectivity index (χ0v) is 18.2. The maximum absolute atomic E-state index is 12.9. The summed E-state index contributed by atoms with van der Waals surface area (Å²) >= 11 is 0. The first kappa shape index (κ1) is 23.2. The summed E-state index contributed by atoms with van der Waals surface area (Å²) in [6.07, 6.45) is -1.37. The molecule has 0 aliphatic carbocycles. The summed E-state index contributed by atoms with van der Waals surface area (Å²) in [7, 11) is 1.49. The van der Waals surface area contributed by atoms with Gasteiger partial charge >= 0.3 is 6.18 Å². The molecule has 0 amide bonds. The minimum absolute atomic E-state index is 0.0116. The molecule has 0 unspecified atom stereocenters. The lowest BCUT2D eigenvalue weighted by molar-refractivity contribution is -0.137. The number of rotatable bonds is 7. The maximum atomic E-state index is 12.9. The number of ketones is 1. The van der Waals surface area contributed by atoms with Gasteiger partial charge < -0.3 is 18.9 Å². The molecule has 5 nitrogen and oxygen atoms in total. The fraction of sp³-hybridized carbons (Fsp3) is 0.192. The minimum Gasteiger partial charge on any atom is -0.496 e. The van der Waals surface area contributed by atoms with Gasteiger partial charge in [-0.15, -0.1) is 0 Å². The van der Waals surface area contributed by atoms with Crippen LogP contribution in [0, 0.1) is 0 Å². The Kier molecular flexibility index (Phi) is 6.77. The Balaban J connectivity index is 1.48. The minimum atomic E-state index is -4.45. The van der Waals surface area contributed by atoms with Gasteiger partial charge in [0.15, 0.2) is 17.3 Å². The summed E-state index contributed by atoms with van der Waals surface area (Å²) in [4.78, 5) is 12.6. The number of carbonyl (C=O) groups is 1. The molecule has 0 atom stereocenters. The number of fused-ring (bicyclic) bond motifs is 1. The lowest BCUT2D eigenvalue weighted by atomic mass is 10.1. The first-order chi connectivity index (χ1) is 16.3. The van der Waals surface area contributed by atoms with Gasteiger partial charge in [-0.05, 0) is 60.2 Å². The van der Waals surface area contributed by atoms with Crippen LogP contribution in [0.1, 0.15) is 27.0 Å². The summed E-state index contributed by atoms with van der Waals surface area (Å²) in [6, 6.07) is 14.9. The van der Waals surface area contributed by atoms with Crippen LogP contribution in [-0.4, -0.2) is 26.1 Å². The van der Waals surface area contributed by atoms with Crippen molar-refractivity contribution in [3.05, 3.63) is 89.0 Å². The fourth-order valence-electron chi connectivity index (χ4n) is 3.40. The zero-order chi connectivity index (χ0) is 24.1. The van der Waals surface area contributed by atoms with Crippen molar-refractivity contribution in [2.75, 3.05) is 20.3 Å². The third-order valence-electron chi connectivity index (χ3n) is 5.11. The van der Waals surface area contributed by atoms with Crippen LogP contribution in [0.5, 0.6) is 23.0 Å². The molecule has 0 fully saturated rings. The molecule has 3 aromatic carbocycles. The van der Waals surface area contributed by atoms with Gasteiger partial charge in [-0.3, -0.25) is 4.79 Å². The number of allylic oxidation sites excluding steroid dienone is 1. The number of hydrogen-bond acceptors (Lipinski definition) is 5. The smallest absolute Gasteiger partial charge is 0.416 e. The van der Waals surface area contributed by atoms with Crippen molar-refractivity contribution < 1.29 is 36.9 Å². The van der Waals surface area contributed by atoms with Crippen molar-refractivity contribution in [1.29, 1.82) is 0 Å². The van der Waals surface area contributed by atoms with Gasteiger partial charge in [0.05, 0.1) is 12.7 Å². The molecule has 0 saturated heterocycles. The third-order valence-corrected chi connectivity index (χ3v) is 5.11. The van der Waals surface area contributed by atoms with E-state index >= 15 is 0 Å². The van der Waals surface area contributed by atoms with Crippen LogP contribution in [0.4, 0.5) is 13.2 Å². The first-order valence-electron chi connectivity index (χ1n) is 10.4. The van der Waals surface area contributed by atoms with Crippen LogP contribution in [0.2, 0.25) is 0 Å². The molecule has 0 spiro atoms. The molecule has 0 N–H and O–H groups in total. The SMILES string of the molecule is COc1ccc(/C=C/C(=O)c2ccc3c(c2)OCCO3)cc1COc1cccc(C(F)(F)F)c1. The molecule has 8 heteroatoms. The third kappa shape index (κ3) is 5.51. The molecule has 0 radical (unpaired) electrons. The lowest BCUT2D eigenvalue weighted by Crippen LogP contribution is -2.15. The molecular formula is C26H21F3O5. The van der Waals surface area contributed by atoms with E-state index in [2.05, 4.69) is 0 Å². The highest BCUT2D eigenvalue weighted by Crippen LogP contribution is 2.32. The lowest BCUT2D eigenvalue weighted by Gasteiger charge is -2.18. The Morgan fingerprint density at radius 3 is 2.56 bits per heavy atom. The van der Waals surface area contributed by atoms with Crippen molar-refractivity contribution in [1.82, 2.24) is 0 Å². The van der Waals surface area contributed by atoms with Crippen molar-refractivity contribution in [2.45, 2.75) is 12.8 Å². The number of methoxy groups -OCH3 is 1. The summed E-state index contributed by atoms with van der Waals surface area (Å²) in [6.45, 7) is 0.886. The molecule has 1 heterocycles. The van der Waals surface area contributed by atoms with Crippen LogP contribution >= 0.6 is 0 Å². The van der Waals surface area contributed by atoms with Crippen LogP contribution in [0.3, 0.4) is 0 Å². The van der Waals surface area contributed by atoms with Crippen molar-refractivity contribution in [3.8, 4) is 23.0 Å². The van der Waals surface area contributed by atoms with E-state index in [9.17, 15) is 18.0 Å². The van der Waals surface area contributed by atoms with Crippen LogP contribution in [0.25, 0.3) is 6.08 Å². The monoisotopic (exact) mass is 470 g/mol. The first-order valence-corrected chi connectivity index (χ1v) is 10.4. The molecule has 1 aliphatic heterocycles. The Hall–Kier alpha value is -3.94. The number of benzene rings is 3. The molecule has 0 aromatic heterocycles. The summed E-state index contributed by atoms with van der Waals surface area (Å²) < 4.78 is 60.7. The quantitative estimate of drug-likeness (QED) is 0.315. The van der Waals surface area contributed by atoms with E-state index < -0.39 is 11.7 Å². The average molecular weight is 470 g/mol. The van der Waals surface area contributed by atoms with Gasteiger partial charge in [0.2, 0.25) is 0 Å². The van der Waals surface area contributed by atoms with Gasteiger partial charge in [-0.1, -0.05) is 18.2 Å². The Morgan fingerprint density at radius 2 is 1.79 bits per heavy atom. The number of alkyl halides is 3. The molecule has 34 heavy (non-hydrogen) atoms. The van der Waals surface area contributed by atoms with E-state index in [1.165, 1.54) is 25.3 Å². The molecule has 176 valence electrons. The number of carbonyl (C=O) groups excluding carboxylic acids is 1. The van der Waals surface area contributed by atoms with Gasteiger partial charge in [0.1, 0.15) is 31.3 Å². The van der Waals surface area contributed by atoms with Crippen molar-refractivity contribution in [3.63, 3.8) is 0 Å². The normalized spacial score (nSPS) is 13.1. The molecule has 0 saturated carbocycles. The zero-order valence-electron chi connectivity index (χ0n) is 18.2. The maximum Gasteiger partial charge on any atom is 0.416 e. The predicted octanol–water partition coefficient (Wildman–Crippen LogP) is 5.96. The Morgan fingerprint density at radius 1 is 1.00 bits per heavy atom. The second kappa shape index (κ2) is 9.91. The second-order valence-corrected chi connectivity index (χ2v) is 7.44. The molecule has 1 aliphatic rings. The highest BCUT2D eigenvalue weighted by molar-refractivity contribution is 6.07. The number of hydrogen-bond donors (Lipinski definition) is 0. The van der Waals surface area contributed by atoms with Gasteiger partial charge in [-0.2, -0.15) is 13.2 Å². The molecule has 4 rings (SSSR count).